The highest BCUT2D eigenvalue weighted by Gasteiger charge is 1.98. The van der Waals surface area contributed by atoms with E-state index in [-0.39, 0.29) is 0 Å². The standard InChI is InChI=1S/C11H10Cl2N2/c12-10-5-9(6-11(13)7-10)1-3-15-4-2-14-8-15/h2,4-8H,1,3H2. The Morgan fingerprint density at radius 2 is 1.87 bits per heavy atom. The fourth-order valence-corrected chi connectivity index (χ4v) is 2.00. The number of aromatic nitrogens is 2. The van der Waals surface area contributed by atoms with Crippen LogP contribution in [0.15, 0.2) is 36.9 Å². The first kappa shape index (κ1) is 10.5. The molecule has 15 heavy (non-hydrogen) atoms. The van der Waals surface area contributed by atoms with Crippen molar-refractivity contribution in [2.75, 3.05) is 0 Å². The van der Waals surface area contributed by atoms with Crippen LogP contribution in [0, 0.1) is 0 Å². The third-order valence-electron chi connectivity index (χ3n) is 2.14. The van der Waals surface area contributed by atoms with Crippen LogP contribution in [0.2, 0.25) is 10.0 Å². The summed E-state index contributed by atoms with van der Waals surface area (Å²) in [6.45, 7) is 0.886. The highest BCUT2D eigenvalue weighted by molar-refractivity contribution is 6.34. The molecular weight excluding hydrogens is 231 g/mol. The van der Waals surface area contributed by atoms with Crippen LogP contribution >= 0.6 is 23.2 Å². The van der Waals surface area contributed by atoms with Gasteiger partial charge in [0.1, 0.15) is 0 Å². The maximum atomic E-state index is 5.91. The first-order valence-corrected chi connectivity index (χ1v) is 5.40. The third-order valence-corrected chi connectivity index (χ3v) is 2.58. The second-order valence-electron chi connectivity index (χ2n) is 3.33. The third kappa shape index (κ3) is 2.98. The van der Waals surface area contributed by atoms with Crippen molar-refractivity contribution in [2.24, 2.45) is 0 Å². The summed E-state index contributed by atoms with van der Waals surface area (Å²) in [7, 11) is 0. The number of benzene rings is 1. The first-order valence-electron chi connectivity index (χ1n) is 4.65. The summed E-state index contributed by atoms with van der Waals surface area (Å²) < 4.78 is 2.02. The van der Waals surface area contributed by atoms with E-state index in [1.165, 1.54) is 0 Å². The SMILES string of the molecule is Clc1cc(Cl)cc(CCn2ccnc2)c1. The van der Waals surface area contributed by atoms with Gasteiger partial charge in [-0.2, -0.15) is 0 Å². The van der Waals surface area contributed by atoms with Crippen molar-refractivity contribution in [3.63, 3.8) is 0 Å². The first-order chi connectivity index (χ1) is 7.24. The summed E-state index contributed by atoms with van der Waals surface area (Å²) in [6, 6.07) is 5.61. The average Bonchev–Trinajstić information content (AvgIpc) is 2.65. The van der Waals surface area contributed by atoms with Crippen molar-refractivity contribution in [3.8, 4) is 0 Å². The zero-order chi connectivity index (χ0) is 10.7. The Kier molecular flexibility index (Phi) is 3.29. The summed E-state index contributed by atoms with van der Waals surface area (Å²) in [4.78, 5) is 3.98. The summed E-state index contributed by atoms with van der Waals surface area (Å²) in [5.41, 5.74) is 1.14. The molecular formula is C11H10Cl2N2. The Morgan fingerprint density at radius 1 is 1.13 bits per heavy atom. The molecule has 0 aliphatic heterocycles. The molecule has 78 valence electrons. The van der Waals surface area contributed by atoms with E-state index in [1.54, 1.807) is 18.6 Å². The molecule has 0 amide bonds. The zero-order valence-corrected chi connectivity index (χ0v) is 9.54. The summed E-state index contributed by atoms with van der Waals surface area (Å²) in [6.07, 6.45) is 6.40. The van der Waals surface area contributed by atoms with Crippen molar-refractivity contribution in [2.45, 2.75) is 13.0 Å². The molecule has 0 unspecified atom stereocenters. The minimum Gasteiger partial charge on any atom is -0.337 e. The number of hydrogen-bond donors (Lipinski definition) is 0. The van der Waals surface area contributed by atoms with Crippen molar-refractivity contribution in [3.05, 3.63) is 52.5 Å². The van der Waals surface area contributed by atoms with Crippen LogP contribution in [0.1, 0.15) is 5.56 Å². The Hall–Kier alpha value is -0.990. The fourth-order valence-electron chi connectivity index (χ4n) is 1.43. The maximum Gasteiger partial charge on any atom is 0.0946 e. The van der Waals surface area contributed by atoms with Crippen LogP contribution < -0.4 is 0 Å². The van der Waals surface area contributed by atoms with E-state index in [0.717, 1.165) is 18.5 Å². The number of aryl methyl sites for hydroxylation is 2. The summed E-state index contributed by atoms with van der Waals surface area (Å²) in [5.74, 6) is 0. The van der Waals surface area contributed by atoms with E-state index < -0.39 is 0 Å². The molecule has 0 fully saturated rings. The number of rotatable bonds is 3. The molecule has 0 atom stereocenters. The van der Waals surface area contributed by atoms with Crippen LogP contribution in [0.3, 0.4) is 0 Å². The van der Waals surface area contributed by atoms with Crippen molar-refractivity contribution in [1.82, 2.24) is 9.55 Å². The van der Waals surface area contributed by atoms with Gasteiger partial charge in [0.15, 0.2) is 0 Å². The quantitative estimate of drug-likeness (QED) is 0.804. The van der Waals surface area contributed by atoms with Crippen LogP contribution in [-0.2, 0) is 13.0 Å². The molecule has 0 radical (unpaired) electrons. The van der Waals surface area contributed by atoms with Crippen molar-refractivity contribution in [1.29, 1.82) is 0 Å². The fraction of sp³-hybridized carbons (Fsp3) is 0.182. The topological polar surface area (TPSA) is 17.8 Å². The molecule has 0 aliphatic carbocycles. The molecule has 0 saturated carbocycles. The summed E-state index contributed by atoms with van der Waals surface area (Å²) >= 11 is 11.8. The minimum atomic E-state index is 0.683. The molecule has 4 heteroatoms. The lowest BCUT2D eigenvalue weighted by molar-refractivity contribution is 0.696. The monoisotopic (exact) mass is 240 g/mol. The number of imidazole rings is 1. The van der Waals surface area contributed by atoms with E-state index in [9.17, 15) is 0 Å². The lowest BCUT2D eigenvalue weighted by Crippen LogP contribution is -1.98. The van der Waals surface area contributed by atoms with E-state index >= 15 is 0 Å². The Balaban J connectivity index is 2.05. The highest BCUT2D eigenvalue weighted by Crippen LogP contribution is 2.19. The van der Waals surface area contributed by atoms with Gasteiger partial charge in [-0.05, 0) is 30.2 Å². The van der Waals surface area contributed by atoms with E-state index in [2.05, 4.69) is 4.98 Å². The molecule has 1 aromatic heterocycles. The molecule has 2 aromatic rings. The summed E-state index contributed by atoms with van der Waals surface area (Å²) in [5, 5.41) is 1.37. The van der Waals surface area contributed by atoms with Gasteiger partial charge in [0, 0.05) is 29.0 Å². The maximum absolute atomic E-state index is 5.91. The Labute approximate surface area is 98.5 Å². The molecule has 0 aliphatic rings. The van der Waals surface area contributed by atoms with Crippen molar-refractivity contribution >= 4 is 23.2 Å². The number of nitrogens with zero attached hydrogens (tertiary/aromatic N) is 2. The largest absolute Gasteiger partial charge is 0.337 e. The van der Waals surface area contributed by atoms with Gasteiger partial charge >= 0.3 is 0 Å². The predicted octanol–water partition coefficient (Wildman–Crippen LogP) is 3.43. The smallest absolute Gasteiger partial charge is 0.0946 e. The normalized spacial score (nSPS) is 10.5. The van der Waals surface area contributed by atoms with E-state index in [0.29, 0.717) is 10.0 Å². The van der Waals surface area contributed by atoms with Gasteiger partial charge in [0.25, 0.3) is 0 Å². The van der Waals surface area contributed by atoms with Gasteiger partial charge in [0.05, 0.1) is 6.33 Å². The average molecular weight is 241 g/mol. The van der Waals surface area contributed by atoms with Crippen LogP contribution in [0.5, 0.6) is 0 Å². The zero-order valence-electron chi connectivity index (χ0n) is 8.03. The van der Waals surface area contributed by atoms with Gasteiger partial charge in [-0.25, -0.2) is 4.98 Å². The lowest BCUT2D eigenvalue weighted by atomic mass is 10.1. The molecule has 0 spiro atoms. The van der Waals surface area contributed by atoms with Gasteiger partial charge in [0.2, 0.25) is 0 Å². The van der Waals surface area contributed by atoms with Gasteiger partial charge in [-0.3, -0.25) is 0 Å². The van der Waals surface area contributed by atoms with Crippen LogP contribution in [0.4, 0.5) is 0 Å². The van der Waals surface area contributed by atoms with E-state index in [1.807, 2.05) is 22.9 Å². The van der Waals surface area contributed by atoms with Gasteiger partial charge < -0.3 is 4.57 Å². The molecule has 2 rings (SSSR count). The second-order valence-corrected chi connectivity index (χ2v) is 4.20. The highest BCUT2D eigenvalue weighted by atomic mass is 35.5. The Bertz CT molecular complexity index is 418. The van der Waals surface area contributed by atoms with Crippen molar-refractivity contribution < 1.29 is 0 Å². The van der Waals surface area contributed by atoms with Crippen LogP contribution in [0.25, 0.3) is 0 Å². The molecule has 0 bridgehead atoms. The predicted molar refractivity (Wildman–Crippen MR) is 62.4 cm³/mol. The molecule has 1 aromatic carbocycles. The minimum absolute atomic E-state index is 0.683. The van der Waals surface area contributed by atoms with E-state index in [4.69, 9.17) is 23.2 Å². The van der Waals surface area contributed by atoms with Gasteiger partial charge in [-0.1, -0.05) is 23.2 Å². The Morgan fingerprint density at radius 3 is 2.47 bits per heavy atom. The molecule has 0 saturated heterocycles. The number of hydrogen-bond acceptors (Lipinski definition) is 1. The van der Waals surface area contributed by atoms with Gasteiger partial charge in [-0.15, -0.1) is 0 Å². The van der Waals surface area contributed by atoms with Crippen LogP contribution in [-0.4, -0.2) is 9.55 Å². The molecule has 1 heterocycles. The molecule has 2 nitrogen and oxygen atoms in total. The lowest BCUT2D eigenvalue weighted by Gasteiger charge is -2.04. The second kappa shape index (κ2) is 4.69. The molecule has 0 N–H and O–H groups in total. The number of halogens is 2.